The molecule has 0 bridgehead atoms. The fraction of sp³-hybridized carbons (Fsp3) is 0.188. The van der Waals surface area contributed by atoms with Gasteiger partial charge in [-0.15, -0.1) is 0 Å². The second-order valence-electron chi connectivity index (χ2n) is 4.62. The van der Waals surface area contributed by atoms with Crippen molar-refractivity contribution in [2.75, 3.05) is 19.0 Å². The predicted octanol–water partition coefficient (Wildman–Crippen LogP) is 4.44. The molecule has 22 heavy (non-hydrogen) atoms. The van der Waals surface area contributed by atoms with Crippen LogP contribution in [0, 0.1) is 6.92 Å². The zero-order valence-corrected chi connectivity index (χ0v) is 14.5. The summed E-state index contributed by atoms with van der Waals surface area (Å²) in [5.41, 5.74) is 1.64. The van der Waals surface area contributed by atoms with Gasteiger partial charge in [0, 0.05) is 5.02 Å². The molecule has 1 amide bonds. The number of nitrogens with one attached hydrogen (secondary N) is 1. The van der Waals surface area contributed by atoms with Gasteiger partial charge in [0.25, 0.3) is 5.91 Å². The number of hydrogen-bond acceptors (Lipinski definition) is 3. The summed E-state index contributed by atoms with van der Waals surface area (Å²) in [6, 6.07) is 10.7. The summed E-state index contributed by atoms with van der Waals surface area (Å²) in [6.45, 7) is 1.83. The Morgan fingerprint density at radius 1 is 1.23 bits per heavy atom. The molecule has 0 saturated heterocycles. The van der Waals surface area contributed by atoms with Crippen LogP contribution in [0.4, 0.5) is 5.69 Å². The molecule has 2 rings (SSSR count). The first-order valence-electron chi connectivity index (χ1n) is 6.52. The van der Waals surface area contributed by atoms with Gasteiger partial charge in [0.1, 0.15) is 11.5 Å². The summed E-state index contributed by atoms with van der Waals surface area (Å²) in [4.78, 5) is 12.0. The third-order valence-corrected chi connectivity index (χ3v) is 3.74. The number of hydrogen-bond donors (Lipinski definition) is 1. The van der Waals surface area contributed by atoms with Crippen LogP contribution in [0.3, 0.4) is 0 Å². The van der Waals surface area contributed by atoms with Crippen LogP contribution >= 0.6 is 27.5 Å². The van der Waals surface area contributed by atoms with Crippen LogP contribution in [-0.2, 0) is 4.79 Å². The number of anilines is 1. The van der Waals surface area contributed by atoms with E-state index in [0.29, 0.717) is 26.7 Å². The van der Waals surface area contributed by atoms with Crippen LogP contribution in [0.2, 0.25) is 5.02 Å². The van der Waals surface area contributed by atoms with Gasteiger partial charge in [0.05, 0.1) is 17.3 Å². The Morgan fingerprint density at radius 2 is 1.95 bits per heavy atom. The van der Waals surface area contributed by atoms with Crippen molar-refractivity contribution in [3.8, 4) is 11.5 Å². The lowest BCUT2D eigenvalue weighted by Crippen LogP contribution is -2.20. The highest BCUT2D eigenvalue weighted by Crippen LogP contribution is 2.28. The summed E-state index contributed by atoms with van der Waals surface area (Å²) >= 11 is 9.19. The molecule has 4 nitrogen and oxygen atoms in total. The van der Waals surface area contributed by atoms with Gasteiger partial charge in [0.2, 0.25) is 0 Å². The molecule has 0 spiro atoms. The lowest BCUT2D eigenvalue weighted by Gasteiger charge is -2.12. The van der Waals surface area contributed by atoms with Crippen molar-refractivity contribution < 1.29 is 14.3 Å². The molecule has 0 aliphatic carbocycles. The Morgan fingerprint density at radius 3 is 2.64 bits per heavy atom. The van der Waals surface area contributed by atoms with Crippen LogP contribution < -0.4 is 14.8 Å². The number of amides is 1. The summed E-state index contributed by atoms with van der Waals surface area (Å²) in [5.74, 6) is 0.883. The van der Waals surface area contributed by atoms with E-state index >= 15 is 0 Å². The fourth-order valence-electron chi connectivity index (χ4n) is 1.84. The van der Waals surface area contributed by atoms with E-state index in [0.717, 1.165) is 5.56 Å². The normalized spacial score (nSPS) is 10.2. The van der Waals surface area contributed by atoms with Crippen molar-refractivity contribution in [3.63, 3.8) is 0 Å². The number of halogens is 2. The van der Waals surface area contributed by atoms with Crippen molar-refractivity contribution in [2.45, 2.75) is 6.92 Å². The van der Waals surface area contributed by atoms with E-state index in [-0.39, 0.29) is 12.5 Å². The third kappa shape index (κ3) is 4.39. The molecule has 0 heterocycles. The van der Waals surface area contributed by atoms with Crippen molar-refractivity contribution in [1.82, 2.24) is 0 Å². The van der Waals surface area contributed by atoms with Crippen molar-refractivity contribution in [3.05, 3.63) is 51.5 Å². The Balaban J connectivity index is 2.00. The monoisotopic (exact) mass is 383 g/mol. The third-order valence-electron chi connectivity index (χ3n) is 2.88. The molecule has 0 aliphatic rings. The second kappa shape index (κ2) is 7.51. The zero-order chi connectivity index (χ0) is 16.1. The molecule has 6 heteroatoms. The molecule has 0 fully saturated rings. The SMILES string of the molecule is COc1ccc(C)cc1NC(=O)COc1ccc(Cl)cc1Br. The van der Waals surface area contributed by atoms with Gasteiger partial charge in [-0.1, -0.05) is 17.7 Å². The van der Waals surface area contributed by atoms with E-state index in [1.807, 2.05) is 25.1 Å². The lowest BCUT2D eigenvalue weighted by atomic mass is 10.2. The molecular weight excluding hydrogens is 370 g/mol. The van der Waals surface area contributed by atoms with Crippen molar-refractivity contribution in [1.29, 1.82) is 0 Å². The Labute approximate surface area is 142 Å². The quantitative estimate of drug-likeness (QED) is 0.829. The minimum Gasteiger partial charge on any atom is -0.495 e. The number of carbonyl (C=O) groups excluding carboxylic acids is 1. The maximum atomic E-state index is 12.0. The standard InChI is InChI=1S/C16H15BrClNO3/c1-10-3-5-15(21-2)13(7-10)19-16(20)9-22-14-6-4-11(18)8-12(14)17/h3-8H,9H2,1-2H3,(H,19,20). The summed E-state index contributed by atoms with van der Waals surface area (Å²) in [7, 11) is 1.56. The number of methoxy groups -OCH3 is 1. The molecule has 2 aromatic carbocycles. The second-order valence-corrected chi connectivity index (χ2v) is 5.91. The fourth-order valence-corrected chi connectivity index (χ4v) is 2.64. The molecule has 0 atom stereocenters. The lowest BCUT2D eigenvalue weighted by molar-refractivity contribution is -0.118. The van der Waals surface area contributed by atoms with Gasteiger partial charge < -0.3 is 14.8 Å². The smallest absolute Gasteiger partial charge is 0.262 e. The minimum atomic E-state index is -0.272. The van der Waals surface area contributed by atoms with Gasteiger partial charge in [-0.3, -0.25) is 4.79 Å². The largest absolute Gasteiger partial charge is 0.495 e. The number of rotatable bonds is 5. The molecular formula is C16H15BrClNO3. The van der Waals surface area contributed by atoms with Gasteiger partial charge in [0.15, 0.2) is 6.61 Å². The zero-order valence-electron chi connectivity index (χ0n) is 12.2. The van der Waals surface area contributed by atoms with E-state index in [9.17, 15) is 4.79 Å². The number of ether oxygens (including phenoxy) is 2. The number of benzene rings is 2. The first-order valence-corrected chi connectivity index (χ1v) is 7.69. The van der Waals surface area contributed by atoms with E-state index in [2.05, 4.69) is 21.2 Å². The van der Waals surface area contributed by atoms with E-state index in [1.54, 1.807) is 25.3 Å². The van der Waals surface area contributed by atoms with Crippen LogP contribution in [0.5, 0.6) is 11.5 Å². The average Bonchev–Trinajstić information content (AvgIpc) is 2.46. The van der Waals surface area contributed by atoms with Crippen LogP contribution in [0.15, 0.2) is 40.9 Å². The minimum absolute atomic E-state index is 0.114. The topological polar surface area (TPSA) is 47.6 Å². The molecule has 2 aromatic rings. The highest BCUT2D eigenvalue weighted by atomic mass is 79.9. The molecule has 0 aromatic heterocycles. The summed E-state index contributed by atoms with van der Waals surface area (Å²) in [6.07, 6.45) is 0. The van der Waals surface area contributed by atoms with Crippen LogP contribution in [-0.4, -0.2) is 19.6 Å². The van der Waals surface area contributed by atoms with Crippen molar-refractivity contribution in [2.24, 2.45) is 0 Å². The molecule has 0 radical (unpaired) electrons. The number of aryl methyl sites for hydroxylation is 1. The van der Waals surface area contributed by atoms with Gasteiger partial charge in [-0.2, -0.15) is 0 Å². The molecule has 0 unspecified atom stereocenters. The summed E-state index contributed by atoms with van der Waals surface area (Å²) in [5, 5.41) is 3.36. The highest BCUT2D eigenvalue weighted by Gasteiger charge is 2.10. The van der Waals surface area contributed by atoms with Gasteiger partial charge in [-0.05, 0) is 58.7 Å². The first kappa shape index (κ1) is 16.6. The van der Waals surface area contributed by atoms with Gasteiger partial charge >= 0.3 is 0 Å². The van der Waals surface area contributed by atoms with Gasteiger partial charge in [-0.25, -0.2) is 0 Å². The van der Waals surface area contributed by atoms with E-state index in [1.165, 1.54) is 0 Å². The Hall–Kier alpha value is -1.72. The van der Waals surface area contributed by atoms with Crippen LogP contribution in [0.1, 0.15) is 5.56 Å². The molecule has 116 valence electrons. The van der Waals surface area contributed by atoms with Crippen LogP contribution in [0.25, 0.3) is 0 Å². The molecule has 1 N–H and O–H groups in total. The molecule has 0 aliphatic heterocycles. The van der Waals surface area contributed by atoms with E-state index in [4.69, 9.17) is 21.1 Å². The maximum absolute atomic E-state index is 12.0. The van der Waals surface area contributed by atoms with E-state index < -0.39 is 0 Å². The van der Waals surface area contributed by atoms with Crippen molar-refractivity contribution >= 4 is 39.1 Å². The Kier molecular flexibility index (Phi) is 5.69. The maximum Gasteiger partial charge on any atom is 0.262 e. The molecule has 0 saturated carbocycles. The summed E-state index contributed by atoms with van der Waals surface area (Å²) < 4.78 is 11.4. The number of carbonyl (C=O) groups is 1. The average molecular weight is 385 g/mol. The Bertz CT molecular complexity index is 691. The highest BCUT2D eigenvalue weighted by molar-refractivity contribution is 9.10. The predicted molar refractivity (Wildman–Crippen MR) is 91.0 cm³/mol. The first-order chi connectivity index (χ1) is 10.5.